The van der Waals surface area contributed by atoms with Gasteiger partial charge in [0, 0.05) is 54.0 Å². The van der Waals surface area contributed by atoms with Crippen molar-refractivity contribution >= 4 is 28.8 Å². The summed E-state index contributed by atoms with van der Waals surface area (Å²) in [4.78, 5) is 32.2. The summed E-state index contributed by atoms with van der Waals surface area (Å²) in [6.45, 7) is 14.5. The molecule has 0 aromatic heterocycles. The van der Waals surface area contributed by atoms with Crippen LogP contribution in [0.15, 0.2) is 78.0 Å². The van der Waals surface area contributed by atoms with Gasteiger partial charge in [0.05, 0.1) is 30.6 Å². The number of para-hydroxylation sites is 2. The van der Waals surface area contributed by atoms with Gasteiger partial charge in [-0.1, -0.05) is 37.3 Å². The largest absolute Gasteiger partial charge is 0.497 e. The van der Waals surface area contributed by atoms with Crippen molar-refractivity contribution < 1.29 is 19.1 Å². The number of nitrogens with zero attached hydrogens (tertiary/aromatic N) is 2. The zero-order valence-electron chi connectivity index (χ0n) is 27.9. The summed E-state index contributed by atoms with van der Waals surface area (Å²) in [7, 11) is 1.65. The summed E-state index contributed by atoms with van der Waals surface area (Å²) < 4.78 is 12.0. The lowest BCUT2D eigenvalue weighted by Gasteiger charge is -2.37. The zero-order chi connectivity index (χ0) is 32.4. The van der Waals surface area contributed by atoms with Crippen LogP contribution in [0.3, 0.4) is 0 Å². The number of methoxy groups -OCH3 is 1. The molecule has 3 aromatic rings. The molecule has 5 rings (SSSR count). The molecule has 1 heterocycles. The number of nitrogens with one attached hydrogen (secondary N) is 1. The van der Waals surface area contributed by atoms with Crippen LogP contribution in [0.25, 0.3) is 0 Å². The number of rotatable bonds is 9. The highest BCUT2D eigenvalue weighted by Crippen LogP contribution is 2.49. The number of ketones is 1. The Balaban J connectivity index is 1.72. The van der Waals surface area contributed by atoms with Gasteiger partial charge in [0.25, 0.3) is 0 Å². The lowest BCUT2D eigenvalue weighted by Crippen LogP contribution is -2.38. The number of allylic oxidation sites excluding steroid dienone is 1. The van der Waals surface area contributed by atoms with Crippen molar-refractivity contribution in [1.29, 1.82) is 0 Å². The Morgan fingerprint density at radius 2 is 1.67 bits per heavy atom. The van der Waals surface area contributed by atoms with E-state index in [0.29, 0.717) is 24.2 Å². The minimum atomic E-state index is -0.655. The number of hydrogen-bond donors (Lipinski definition) is 1. The van der Waals surface area contributed by atoms with Gasteiger partial charge >= 0.3 is 0 Å². The number of Topliss-reactive ketones (excluding diaryl/α,β-unsaturated/α-hetero) is 1. The number of hydrogen-bond acceptors (Lipinski definition) is 6. The van der Waals surface area contributed by atoms with Crippen molar-refractivity contribution in [3.05, 3.63) is 89.1 Å². The van der Waals surface area contributed by atoms with Crippen LogP contribution < -0.4 is 24.6 Å². The molecule has 2 aliphatic rings. The molecule has 0 saturated carbocycles. The van der Waals surface area contributed by atoms with E-state index in [1.165, 1.54) is 0 Å². The molecule has 1 aliphatic heterocycles. The molecule has 0 spiro atoms. The standard InChI is InChI=1S/C38H47N3O4/c1-9-25(6)45-36-22-29(40(23(2)3)24(4)5)16-19-31(36)38-37-33(39-32-12-10-11-13-34(32)41(38)26(7)42)20-28(21-35(37)43)27-14-17-30(44-8)18-15-27/h10-19,22-25,28,38-39H,9,20-21H2,1-8H3. The van der Waals surface area contributed by atoms with E-state index >= 15 is 0 Å². The van der Waals surface area contributed by atoms with Crippen molar-refractivity contribution in [3.8, 4) is 11.5 Å². The number of benzene rings is 3. The first-order valence-electron chi connectivity index (χ1n) is 16.2. The fourth-order valence-electron chi connectivity index (χ4n) is 6.85. The smallest absolute Gasteiger partial charge is 0.224 e. The Morgan fingerprint density at radius 3 is 2.29 bits per heavy atom. The second kappa shape index (κ2) is 13.4. The molecule has 1 N–H and O–H groups in total. The van der Waals surface area contributed by atoms with Crippen LogP contribution in [0.5, 0.6) is 11.5 Å². The maximum atomic E-state index is 14.4. The molecule has 7 heteroatoms. The number of carbonyl (C=O) groups is 2. The van der Waals surface area contributed by atoms with Crippen LogP contribution in [0.1, 0.15) is 90.8 Å². The molecule has 3 unspecified atom stereocenters. The molecule has 1 aliphatic carbocycles. The Bertz CT molecular complexity index is 1570. The van der Waals surface area contributed by atoms with Crippen LogP contribution in [0.2, 0.25) is 0 Å². The van der Waals surface area contributed by atoms with Crippen molar-refractivity contribution in [3.63, 3.8) is 0 Å². The van der Waals surface area contributed by atoms with E-state index in [2.05, 4.69) is 70.0 Å². The maximum absolute atomic E-state index is 14.4. The Labute approximate surface area is 268 Å². The molecule has 3 atom stereocenters. The predicted molar refractivity (Wildman–Crippen MR) is 183 cm³/mol. The van der Waals surface area contributed by atoms with Crippen LogP contribution in [0.4, 0.5) is 17.1 Å². The average Bonchev–Trinajstić information content (AvgIpc) is 3.15. The Hall–Kier alpha value is -4.26. The highest BCUT2D eigenvalue weighted by molar-refractivity contribution is 6.06. The summed E-state index contributed by atoms with van der Waals surface area (Å²) in [5.74, 6) is 1.36. The lowest BCUT2D eigenvalue weighted by atomic mass is 9.78. The molecule has 7 nitrogen and oxygen atoms in total. The molecular formula is C38H47N3O4. The van der Waals surface area contributed by atoms with E-state index in [4.69, 9.17) is 9.47 Å². The molecule has 0 bridgehead atoms. The highest BCUT2D eigenvalue weighted by atomic mass is 16.5. The van der Waals surface area contributed by atoms with Crippen molar-refractivity contribution in [2.45, 2.75) is 97.9 Å². The van der Waals surface area contributed by atoms with Gasteiger partial charge in [0.1, 0.15) is 11.5 Å². The zero-order valence-corrected chi connectivity index (χ0v) is 27.9. The van der Waals surface area contributed by atoms with Crippen LogP contribution in [0, 0.1) is 0 Å². The van der Waals surface area contributed by atoms with Gasteiger partial charge in [0.15, 0.2) is 5.78 Å². The molecule has 0 radical (unpaired) electrons. The summed E-state index contributed by atoms with van der Waals surface area (Å²) >= 11 is 0. The monoisotopic (exact) mass is 609 g/mol. The highest BCUT2D eigenvalue weighted by Gasteiger charge is 2.42. The molecular weight excluding hydrogens is 562 g/mol. The van der Waals surface area contributed by atoms with Gasteiger partial charge in [-0.2, -0.15) is 0 Å². The number of anilines is 3. The summed E-state index contributed by atoms with van der Waals surface area (Å²) in [5.41, 5.74) is 5.95. The molecule has 45 heavy (non-hydrogen) atoms. The van der Waals surface area contributed by atoms with E-state index < -0.39 is 6.04 Å². The van der Waals surface area contributed by atoms with Gasteiger partial charge in [-0.3, -0.25) is 14.5 Å². The van der Waals surface area contributed by atoms with Gasteiger partial charge in [-0.15, -0.1) is 0 Å². The first-order valence-corrected chi connectivity index (χ1v) is 16.2. The van der Waals surface area contributed by atoms with Gasteiger partial charge < -0.3 is 19.7 Å². The first kappa shape index (κ1) is 32.1. The second-order valence-electron chi connectivity index (χ2n) is 12.8. The predicted octanol–water partition coefficient (Wildman–Crippen LogP) is 8.42. The van der Waals surface area contributed by atoms with Crippen molar-refractivity contribution in [2.24, 2.45) is 0 Å². The molecule has 0 fully saturated rings. The SMILES string of the molecule is CCC(C)Oc1cc(N(C(C)C)C(C)C)ccc1C1C2=C(CC(c3ccc(OC)cc3)CC2=O)Nc2ccccc2N1C(C)=O. The topological polar surface area (TPSA) is 71.1 Å². The fourth-order valence-corrected chi connectivity index (χ4v) is 6.85. The van der Waals surface area contributed by atoms with Crippen molar-refractivity contribution in [1.82, 2.24) is 0 Å². The normalized spacial score (nSPS) is 18.6. The number of ether oxygens (including phenoxy) is 2. The summed E-state index contributed by atoms with van der Waals surface area (Å²) in [5, 5.41) is 3.62. The van der Waals surface area contributed by atoms with E-state index in [9.17, 15) is 9.59 Å². The van der Waals surface area contributed by atoms with Gasteiger partial charge in [-0.25, -0.2) is 0 Å². The maximum Gasteiger partial charge on any atom is 0.224 e. The van der Waals surface area contributed by atoms with Crippen LogP contribution in [-0.4, -0.2) is 37.0 Å². The quantitative estimate of drug-likeness (QED) is 0.263. The van der Waals surface area contributed by atoms with Crippen LogP contribution in [-0.2, 0) is 9.59 Å². The van der Waals surface area contributed by atoms with Crippen LogP contribution >= 0.6 is 0 Å². The number of amides is 1. The van der Waals surface area contributed by atoms with E-state index in [1.807, 2.05) is 48.5 Å². The van der Waals surface area contributed by atoms with Gasteiger partial charge in [0.2, 0.25) is 5.91 Å². The van der Waals surface area contributed by atoms with E-state index in [1.54, 1.807) is 18.9 Å². The third-order valence-corrected chi connectivity index (χ3v) is 9.02. The number of fused-ring (bicyclic) bond motifs is 1. The average molecular weight is 610 g/mol. The minimum Gasteiger partial charge on any atom is -0.497 e. The van der Waals surface area contributed by atoms with Gasteiger partial charge in [-0.05, 0) is 89.3 Å². The third kappa shape index (κ3) is 6.44. The lowest BCUT2D eigenvalue weighted by molar-refractivity contribution is -0.117. The second-order valence-corrected chi connectivity index (χ2v) is 12.8. The molecule has 238 valence electrons. The fraction of sp³-hybridized carbons (Fsp3) is 0.421. The van der Waals surface area contributed by atoms with E-state index in [-0.39, 0.29) is 35.8 Å². The molecule has 3 aromatic carbocycles. The molecule has 1 amide bonds. The Kier molecular flexibility index (Phi) is 9.56. The molecule has 0 saturated heterocycles. The summed E-state index contributed by atoms with van der Waals surface area (Å²) in [6, 6.07) is 21.9. The first-order chi connectivity index (χ1) is 21.5. The van der Waals surface area contributed by atoms with E-state index in [0.717, 1.165) is 46.1 Å². The minimum absolute atomic E-state index is 0.00445. The number of carbonyl (C=O) groups excluding carboxylic acids is 2. The summed E-state index contributed by atoms with van der Waals surface area (Å²) in [6.07, 6.45) is 1.75. The Morgan fingerprint density at radius 1 is 0.978 bits per heavy atom. The van der Waals surface area contributed by atoms with Crippen molar-refractivity contribution in [2.75, 3.05) is 22.2 Å². The third-order valence-electron chi connectivity index (χ3n) is 9.02.